The average Bonchev–Trinajstić information content (AvgIpc) is 3.30. The van der Waals surface area contributed by atoms with Gasteiger partial charge in [0.05, 0.1) is 0 Å². The molecule has 6 heteroatoms. The van der Waals surface area contributed by atoms with Gasteiger partial charge < -0.3 is 14.2 Å². The lowest BCUT2D eigenvalue weighted by molar-refractivity contribution is -0.167. The summed E-state index contributed by atoms with van der Waals surface area (Å²) in [5.41, 5.74) is 0. The van der Waals surface area contributed by atoms with E-state index in [1.807, 2.05) is 0 Å². The van der Waals surface area contributed by atoms with Crippen molar-refractivity contribution in [3.8, 4) is 0 Å². The van der Waals surface area contributed by atoms with E-state index in [1.54, 1.807) is 0 Å². The fraction of sp³-hybridized carbons (Fsp3) is 0.847. The number of carbonyl (C=O) groups is 3. The lowest BCUT2D eigenvalue weighted by Gasteiger charge is -2.18. The Hall–Kier alpha value is -2.37. The molecule has 0 bridgehead atoms. The van der Waals surface area contributed by atoms with Crippen molar-refractivity contribution in [3.63, 3.8) is 0 Å². The Balaban J connectivity index is 4.30. The van der Waals surface area contributed by atoms with Gasteiger partial charge in [0.2, 0.25) is 0 Å². The van der Waals surface area contributed by atoms with Crippen LogP contribution in [-0.4, -0.2) is 37.2 Å². The molecule has 0 aromatic heterocycles. The second kappa shape index (κ2) is 54.2. The van der Waals surface area contributed by atoms with E-state index < -0.39 is 6.10 Å². The van der Waals surface area contributed by atoms with Crippen LogP contribution in [0.2, 0.25) is 0 Å². The van der Waals surface area contributed by atoms with Crippen LogP contribution in [0.4, 0.5) is 0 Å². The molecule has 1 atom stereocenters. The Bertz CT molecular complexity index is 1090. The maximum absolute atomic E-state index is 12.8. The van der Waals surface area contributed by atoms with Gasteiger partial charge in [0.25, 0.3) is 0 Å². The summed E-state index contributed by atoms with van der Waals surface area (Å²) < 4.78 is 16.8. The van der Waals surface area contributed by atoms with Crippen LogP contribution >= 0.6 is 0 Å². The summed E-state index contributed by atoms with van der Waals surface area (Å²) in [7, 11) is 0. The first kappa shape index (κ1) is 62.6. The molecule has 0 aliphatic rings. The molecule has 6 nitrogen and oxygen atoms in total. The van der Waals surface area contributed by atoms with E-state index in [2.05, 4.69) is 57.2 Å². The SMILES string of the molecule is CCCCCCC/C=C\C/C=C\CCCCCCCCCCCC(=O)OCC(COC(=O)CCCCCCCCCCCCCC)OC(=O)CCCCCCC/C=C\CCCCCCC. The van der Waals surface area contributed by atoms with Crippen molar-refractivity contribution in [1.82, 2.24) is 0 Å². The highest BCUT2D eigenvalue weighted by atomic mass is 16.6. The van der Waals surface area contributed by atoms with Crippen LogP contribution in [-0.2, 0) is 28.6 Å². The molecule has 0 aromatic rings. The molecule has 0 aliphatic heterocycles. The molecule has 0 rings (SSSR count). The zero-order valence-electron chi connectivity index (χ0n) is 43.5. The molecule has 1 unspecified atom stereocenters. The molecule has 0 spiro atoms. The third-order valence-corrected chi connectivity index (χ3v) is 12.6. The summed E-state index contributed by atoms with van der Waals surface area (Å²) in [4.78, 5) is 38.1. The Morgan fingerprint density at radius 2 is 0.554 bits per heavy atom. The maximum Gasteiger partial charge on any atom is 0.306 e. The first-order valence-corrected chi connectivity index (χ1v) is 28.5. The zero-order valence-corrected chi connectivity index (χ0v) is 43.5. The molecule has 0 aliphatic carbocycles. The van der Waals surface area contributed by atoms with Crippen LogP contribution < -0.4 is 0 Å². The molecular formula is C59H108O6. The average molecular weight is 914 g/mol. The quantitative estimate of drug-likeness (QED) is 0.0262. The second-order valence-electron chi connectivity index (χ2n) is 19.2. The van der Waals surface area contributed by atoms with Gasteiger partial charge in [-0.2, -0.15) is 0 Å². The third-order valence-electron chi connectivity index (χ3n) is 12.6. The van der Waals surface area contributed by atoms with Crippen molar-refractivity contribution in [2.75, 3.05) is 13.2 Å². The molecule has 0 radical (unpaired) electrons. The molecule has 0 aromatic carbocycles. The lowest BCUT2D eigenvalue weighted by Crippen LogP contribution is -2.30. The van der Waals surface area contributed by atoms with Gasteiger partial charge in [-0.3, -0.25) is 14.4 Å². The fourth-order valence-electron chi connectivity index (χ4n) is 8.29. The number of rotatable bonds is 52. The topological polar surface area (TPSA) is 78.9 Å². The van der Waals surface area contributed by atoms with E-state index in [9.17, 15) is 14.4 Å². The Kier molecular flexibility index (Phi) is 52.3. The van der Waals surface area contributed by atoms with Crippen molar-refractivity contribution < 1.29 is 28.6 Å². The standard InChI is InChI=1S/C59H108O6/c1-4-7-10-13-16-19-22-25-27-28-29-30-31-32-33-35-37-40-43-46-49-52-58(61)64-55-56(54-63-57(60)51-48-45-42-39-36-24-21-18-15-12-9-6-3)65-59(62)53-50-47-44-41-38-34-26-23-20-17-14-11-8-5-2/h22-23,25-26,28-29,56H,4-21,24,27,30-55H2,1-3H3/b25-22-,26-23-,29-28-. The zero-order chi connectivity index (χ0) is 47.2. The summed E-state index contributed by atoms with van der Waals surface area (Å²) in [5, 5.41) is 0. The summed E-state index contributed by atoms with van der Waals surface area (Å²) in [6.45, 7) is 6.64. The van der Waals surface area contributed by atoms with Crippen LogP contribution in [0, 0.1) is 0 Å². The van der Waals surface area contributed by atoms with Crippen LogP contribution in [0.1, 0.15) is 303 Å². The maximum atomic E-state index is 12.8. The minimum Gasteiger partial charge on any atom is -0.462 e. The van der Waals surface area contributed by atoms with Gasteiger partial charge in [-0.05, 0) is 77.0 Å². The highest BCUT2D eigenvalue weighted by molar-refractivity contribution is 5.71. The number of ether oxygens (including phenoxy) is 3. The van der Waals surface area contributed by atoms with E-state index >= 15 is 0 Å². The largest absolute Gasteiger partial charge is 0.462 e. The minimum atomic E-state index is -0.774. The molecule has 0 amide bonds. The molecule has 0 saturated carbocycles. The van der Waals surface area contributed by atoms with E-state index in [0.29, 0.717) is 19.3 Å². The predicted molar refractivity (Wildman–Crippen MR) is 279 cm³/mol. The van der Waals surface area contributed by atoms with Gasteiger partial charge in [0, 0.05) is 19.3 Å². The number of carbonyl (C=O) groups excluding carboxylic acids is 3. The highest BCUT2D eigenvalue weighted by Crippen LogP contribution is 2.16. The summed E-state index contributed by atoms with van der Waals surface area (Å²) >= 11 is 0. The molecule has 0 N–H and O–H groups in total. The van der Waals surface area contributed by atoms with Gasteiger partial charge in [0.15, 0.2) is 6.10 Å². The number of hydrogen-bond donors (Lipinski definition) is 0. The Morgan fingerprint density at radius 1 is 0.308 bits per heavy atom. The monoisotopic (exact) mass is 913 g/mol. The molecular weight excluding hydrogens is 805 g/mol. The second-order valence-corrected chi connectivity index (χ2v) is 19.2. The van der Waals surface area contributed by atoms with Crippen molar-refractivity contribution in [2.24, 2.45) is 0 Å². The first-order chi connectivity index (χ1) is 32.0. The molecule has 380 valence electrons. The minimum absolute atomic E-state index is 0.0734. The number of hydrogen-bond acceptors (Lipinski definition) is 6. The number of unbranched alkanes of at least 4 members (excludes halogenated alkanes) is 35. The number of allylic oxidation sites excluding steroid dienone is 6. The van der Waals surface area contributed by atoms with Crippen LogP contribution in [0.15, 0.2) is 36.5 Å². The van der Waals surface area contributed by atoms with E-state index in [-0.39, 0.29) is 31.1 Å². The van der Waals surface area contributed by atoms with Gasteiger partial charge in [-0.25, -0.2) is 0 Å². The molecule has 0 heterocycles. The number of esters is 3. The fourth-order valence-corrected chi connectivity index (χ4v) is 8.29. The van der Waals surface area contributed by atoms with Gasteiger partial charge >= 0.3 is 17.9 Å². The van der Waals surface area contributed by atoms with E-state index in [1.165, 1.54) is 193 Å². The summed E-state index contributed by atoms with van der Waals surface area (Å²) in [6, 6.07) is 0. The first-order valence-electron chi connectivity index (χ1n) is 28.5. The van der Waals surface area contributed by atoms with Crippen LogP contribution in [0.25, 0.3) is 0 Å². The van der Waals surface area contributed by atoms with Crippen molar-refractivity contribution in [3.05, 3.63) is 36.5 Å². The highest BCUT2D eigenvalue weighted by Gasteiger charge is 2.19. The van der Waals surface area contributed by atoms with Crippen molar-refractivity contribution in [2.45, 2.75) is 309 Å². The van der Waals surface area contributed by atoms with Crippen molar-refractivity contribution >= 4 is 17.9 Å². The molecule has 0 fully saturated rings. The van der Waals surface area contributed by atoms with E-state index in [0.717, 1.165) is 70.6 Å². The lowest BCUT2D eigenvalue weighted by atomic mass is 10.0. The normalized spacial score (nSPS) is 12.2. The molecule has 0 saturated heterocycles. The Morgan fingerprint density at radius 3 is 0.862 bits per heavy atom. The van der Waals surface area contributed by atoms with Crippen LogP contribution in [0.5, 0.6) is 0 Å². The van der Waals surface area contributed by atoms with Gasteiger partial charge in [-0.15, -0.1) is 0 Å². The van der Waals surface area contributed by atoms with Crippen molar-refractivity contribution in [1.29, 1.82) is 0 Å². The molecule has 65 heavy (non-hydrogen) atoms. The van der Waals surface area contributed by atoms with Gasteiger partial charge in [0.1, 0.15) is 13.2 Å². The van der Waals surface area contributed by atoms with Gasteiger partial charge in [-0.1, -0.05) is 243 Å². The smallest absolute Gasteiger partial charge is 0.306 e. The van der Waals surface area contributed by atoms with E-state index in [4.69, 9.17) is 14.2 Å². The predicted octanol–water partition coefficient (Wildman–Crippen LogP) is 18.9. The summed E-state index contributed by atoms with van der Waals surface area (Å²) in [5.74, 6) is -0.872. The summed E-state index contributed by atoms with van der Waals surface area (Å²) in [6.07, 6.45) is 64.2. The Labute approximate surface area is 404 Å². The third kappa shape index (κ3) is 52.5. The van der Waals surface area contributed by atoms with Crippen LogP contribution in [0.3, 0.4) is 0 Å².